The van der Waals surface area contributed by atoms with E-state index in [0.717, 1.165) is 11.4 Å². The van der Waals surface area contributed by atoms with Crippen LogP contribution in [0.1, 0.15) is 45.2 Å². The number of hydrogen-bond donors (Lipinski definition) is 0. The second-order valence-corrected chi connectivity index (χ2v) is 27.9. The van der Waals surface area contributed by atoms with Crippen molar-refractivity contribution in [1.82, 2.24) is 9.13 Å². The first-order valence-electron chi connectivity index (χ1n) is 31.1. The molecule has 0 aliphatic heterocycles. The Bertz CT molecular complexity index is 5330. The van der Waals surface area contributed by atoms with Gasteiger partial charge in [-0.05, 0) is 153 Å². The molecule has 2 unspecified atom stereocenters. The van der Waals surface area contributed by atoms with Gasteiger partial charge in [0.15, 0.2) is 8.07 Å². The first kappa shape index (κ1) is 51.1. The summed E-state index contributed by atoms with van der Waals surface area (Å²) in [4.78, 5) is 0. The molecule has 3 aliphatic carbocycles. The predicted octanol–water partition coefficient (Wildman–Crippen LogP) is 18.9. The molecule has 2 bridgehead atoms. The van der Waals surface area contributed by atoms with E-state index in [0.29, 0.717) is 0 Å². The van der Waals surface area contributed by atoms with Gasteiger partial charge in [-0.3, -0.25) is 0 Å². The van der Waals surface area contributed by atoms with Crippen LogP contribution in [0.4, 0.5) is 0 Å². The molecular formula is C86H58N2Si. The Morgan fingerprint density at radius 1 is 0.236 bits per heavy atom. The molecule has 0 saturated carbocycles. The lowest BCUT2D eigenvalue weighted by atomic mass is 9.60. The van der Waals surface area contributed by atoms with Crippen LogP contribution in [0.3, 0.4) is 0 Å². The fourth-order valence-corrected chi connectivity index (χ4v) is 21.2. The Hall–Kier alpha value is -11.1. The van der Waals surface area contributed by atoms with Crippen LogP contribution in [0, 0.1) is 0 Å². The highest BCUT2D eigenvalue weighted by molar-refractivity contribution is 7.20. The van der Waals surface area contributed by atoms with Gasteiger partial charge in [-0.15, -0.1) is 0 Å². The van der Waals surface area contributed by atoms with Crippen LogP contribution in [0.25, 0.3) is 99.5 Å². The van der Waals surface area contributed by atoms with Crippen LogP contribution in [0.15, 0.2) is 340 Å². The van der Waals surface area contributed by atoms with Crippen LogP contribution in [0.2, 0.25) is 0 Å². The van der Waals surface area contributed by atoms with Crippen molar-refractivity contribution in [3.63, 3.8) is 0 Å². The lowest BCUT2D eigenvalue weighted by Gasteiger charge is -2.47. The van der Waals surface area contributed by atoms with Crippen molar-refractivity contribution < 1.29 is 0 Å². The molecule has 416 valence electrons. The van der Waals surface area contributed by atoms with Crippen molar-refractivity contribution >= 4 is 72.4 Å². The Kier molecular flexibility index (Phi) is 11.8. The molecule has 2 nitrogen and oxygen atoms in total. The summed E-state index contributed by atoms with van der Waals surface area (Å²) >= 11 is 0. The zero-order valence-corrected chi connectivity index (χ0v) is 49.9. The zero-order valence-electron chi connectivity index (χ0n) is 48.9. The van der Waals surface area contributed by atoms with E-state index in [1.807, 2.05) is 0 Å². The van der Waals surface area contributed by atoms with Crippen molar-refractivity contribution in [1.29, 1.82) is 0 Å². The highest BCUT2D eigenvalue weighted by Gasteiger charge is 2.50. The number of fused-ring (bicyclic) bond motifs is 6. The van der Waals surface area contributed by atoms with Gasteiger partial charge in [0.05, 0.1) is 22.1 Å². The van der Waals surface area contributed by atoms with Gasteiger partial charge in [0.2, 0.25) is 0 Å². The number of nitrogens with zero attached hydrogens (tertiary/aromatic N) is 2. The lowest BCUT2D eigenvalue weighted by Crippen LogP contribution is -2.75. The van der Waals surface area contributed by atoms with Crippen molar-refractivity contribution in [3.05, 3.63) is 373 Å². The molecule has 2 atom stereocenters. The summed E-state index contributed by atoms with van der Waals surface area (Å²) in [6.45, 7) is 0. The van der Waals surface area contributed by atoms with Gasteiger partial charge < -0.3 is 9.13 Å². The molecule has 0 saturated heterocycles. The minimum absolute atomic E-state index is 0.0417. The number of benzene rings is 14. The first-order valence-corrected chi connectivity index (χ1v) is 33.1. The maximum absolute atomic E-state index is 3.26. The van der Waals surface area contributed by atoms with Crippen LogP contribution in [0.5, 0.6) is 0 Å². The van der Waals surface area contributed by atoms with E-state index >= 15 is 0 Å². The van der Waals surface area contributed by atoms with Crippen molar-refractivity contribution in [3.8, 4) is 55.9 Å². The third-order valence-electron chi connectivity index (χ3n) is 19.6. The Morgan fingerprint density at radius 2 is 0.640 bits per heavy atom. The van der Waals surface area contributed by atoms with Gasteiger partial charge >= 0.3 is 0 Å². The summed E-state index contributed by atoms with van der Waals surface area (Å²) in [5.74, 6) is -0.00575. The maximum Gasteiger partial charge on any atom is 0.179 e. The summed E-state index contributed by atoms with van der Waals surface area (Å²) in [6, 6.07) is 128. The highest BCUT2D eigenvalue weighted by Crippen LogP contribution is 2.58. The molecule has 19 rings (SSSR count). The average Bonchev–Trinajstić information content (AvgIpc) is 1.35. The maximum atomic E-state index is 2.55. The monoisotopic (exact) mass is 1150 g/mol. The second-order valence-electron chi connectivity index (χ2n) is 24.1. The molecule has 2 aromatic heterocycles. The summed E-state index contributed by atoms with van der Waals surface area (Å²) < 4.78 is 4.94. The fourth-order valence-electron chi connectivity index (χ4n) is 16.1. The molecule has 16 aromatic rings. The van der Waals surface area contributed by atoms with E-state index < -0.39 is 8.07 Å². The third-order valence-corrected chi connectivity index (χ3v) is 24.4. The van der Waals surface area contributed by atoms with E-state index in [1.165, 1.54) is 142 Å². The van der Waals surface area contributed by atoms with Gasteiger partial charge in [0.25, 0.3) is 0 Å². The van der Waals surface area contributed by atoms with Crippen LogP contribution < -0.4 is 20.7 Å². The standard InChI is InChI=1S/C86H58N2Si/c1-6-27-57(28-7-1)60-53-61(58-29-8-2-9-30-58)56-66(55-60)89(64-35-12-4-13-36-64,65-37-14-5-15-38-65)80-52-26-47-75-81-68-39-16-17-40-71(68)86(85(75)80)84-67(43-23-46-74(81)84)59-31-22-34-63(54-59)88-77-49-21-19-42-73(77)83-70(45-25-51-79(83)88)69-44-24-50-78-82(69)72-41-18-20-48-76(72)87(78)62-32-10-3-11-33-62/h1-56,81,86H. The Morgan fingerprint density at radius 3 is 1.22 bits per heavy atom. The molecule has 0 N–H and O–H groups in total. The topological polar surface area (TPSA) is 9.86 Å². The van der Waals surface area contributed by atoms with E-state index in [4.69, 9.17) is 0 Å². The van der Waals surface area contributed by atoms with Gasteiger partial charge in [-0.1, -0.05) is 285 Å². The molecule has 89 heavy (non-hydrogen) atoms. The van der Waals surface area contributed by atoms with Crippen LogP contribution in [-0.4, -0.2) is 17.2 Å². The number of para-hydroxylation sites is 3. The smallest absolute Gasteiger partial charge is 0.179 e. The Balaban J connectivity index is 0.857. The molecular weight excluding hydrogens is 1090 g/mol. The van der Waals surface area contributed by atoms with Crippen molar-refractivity contribution in [2.45, 2.75) is 11.8 Å². The summed E-state index contributed by atoms with van der Waals surface area (Å²) in [5, 5.41) is 10.5. The quantitative estimate of drug-likeness (QED) is 0.0954. The molecule has 3 heteroatoms. The molecule has 0 radical (unpaired) electrons. The molecule has 14 aromatic carbocycles. The Labute approximate surface area is 519 Å². The number of hydrogen-bond acceptors (Lipinski definition) is 0. The molecule has 2 heterocycles. The van der Waals surface area contributed by atoms with Crippen LogP contribution in [-0.2, 0) is 0 Å². The van der Waals surface area contributed by atoms with Gasteiger partial charge in [0.1, 0.15) is 0 Å². The second kappa shape index (κ2) is 20.5. The van der Waals surface area contributed by atoms with Crippen molar-refractivity contribution in [2.24, 2.45) is 0 Å². The van der Waals surface area contributed by atoms with Gasteiger partial charge in [-0.2, -0.15) is 0 Å². The van der Waals surface area contributed by atoms with E-state index in [2.05, 4.69) is 349 Å². The lowest BCUT2D eigenvalue weighted by molar-refractivity contribution is 0.760. The highest BCUT2D eigenvalue weighted by atomic mass is 28.3. The van der Waals surface area contributed by atoms with Crippen LogP contribution >= 0.6 is 0 Å². The summed E-state index contributed by atoms with van der Waals surface area (Å²) in [7, 11) is -3.26. The van der Waals surface area contributed by atoms with E-state index in [-0.39, 0.29) is 11.8 Å². The van der Waals surface area contributed by atoms with Crippen molar-refractivity contribution in [2.75, 3.05) is 0 Å². The largest absolute Gasteiger partial charge is 0.309 e. The molecule has 0 fully saturated rings. The summed E-state index contributed by atoms with van der Waals surface area (Å²) in [6.07, 6.45) is 0. The minimum atomic E-state index is -3.26. The van der Waals surface area contributed by atoms with E-state index in [9.17, 15) is 0 Å². The van der Waals surface area contributed by atoms with E-state index in [1.54, 1.807) is 0 Å². The predicted molar refractivity (Wildman–Crippen MR) is 375 cm³/mol. The number of aromatic nitrogens is 2. The normalized spacial score (nSPS) is 14.1. The fraction of sp³-hybridized carbons (Fsp3) is 0.0233. The molecule has 3 aliphatic rings. The zero-order chi connectivity index (χ0) is 58.6. The molecule has 0 spiro atoms. The first-order chi connectivity index (χ1) is 44.2. The molecule has 0 amide bonds. The number of rotatable bonds is 10. The summed E-state index contributed by atoms with van der Waals surface area (Å²) in [5.41, 5.74) is 25.3. The van der Waals surface area contributed by atoms with Gasteiger partial charge in [0, 0.05) is 44.8 Å². The SMILES string of the molecule is c1ccc(-c2cc(-c3ccccc3)cc([Si](c3ccccc3)(c3ccccc3)c3cccc4c3C3c5ccccc5C4c4cccc(-c5cccc(-n6c7ccccc7c7c(-c8cccc9c8c8ccccc8n9-c8ccccc8)cccc76)c5)c43)c2)cc1. The van der Waals surface area contributed by atoms with Gasteiger partial charge in [-0.25, -0.2) is 0 Å². The third kappa shape index (κ3) is 7.75. The minimum Gasteiger partial charge on any atom is -0.309 e. The average molecular weight is 1150 g/mol.